The van der Waals surface area contributed by atoms with Gasteiger partial charge in [-0.15, -0.1) is 0 Å². The summed E-state index contributed by atoms with van der Waals surface area (Å²) in [6.45, 7) is 14.5. The number of rotatable bonds is 9. The highest BCUT2D eigenvalue weighted by Gasteiger charge is 2.11. The lowest BCUT2D eigenvalue weighted by molar-refractivity contribution is 0.536. The Hall–Kier alpha value is -1.02. The van der Waals surface area contributed by atoms with Gasteiger partial charge in [0.25, 0.3) is 0 Å². The Bertz CT molecular complexity index is 358. The standard InChI is InChI=1S/C18H32N2/c1-6-15(5)14-20(9-4)17-12-10-16(11-13-17)18(7-2)19-8-3/h10-13,15,18-19H,6-9,14H2,1-5H3. The Morgan fingerprint density at radius 1 is 1.00 bits per heavy atom. The van der Waals surface area contributed by atoms with Crippen molar-refractivity contribution in [1.29, 1.82) is 0 Å². The Balaban J connectivity index is 2.77. The van der Waals surface area contributed by atoms with Crippen molar-refractivity contribution in [2.45, 2.75) is 53.5 Å². The molecule has 20 heavy (non-hydrogen) atoms. The van der Waals surface area contributed by atoms with Gasteiger partial charge in [-0.3, -0.25) is 0 Å². The van der Waals surface area contributed by atoms with Crippen LogP contribution in [0.5, 0.6) is 0 Å². The molecular weight excluding hydrogens is 244 g/mol. The first-order valence-electron chi connectivity index (χ1n) is 8.24. The fourth-order valence-corrected chi connectivity index (χ4v) is 2.58. The van der Waals surface area contributed by atoms with Crippen LogP contribution in [-0.4, -0.2) is 19.6 Å². The van der Waals surface area contributed by atoms with Crippen molar-refractivity contribution < 1.29 is 0 Å². The van der Waals surface area contributed by atoms with Crippen LogP contribution in [0.15, 0.2) is 24.3 Å². The summed E-state index contributed by atoms with van der Waals surface area (Å²) in [6.07, 6.45) is 2.38. The average Bonchev–Trinajstić information content (AvgIpc) is 2.50. The molecule has 2 unspecified atom stereocenters. The molecule has 0 spiro atoms. The molecule has 1 aromatic carbocycles. The van der Waals surface area contributed by atoms with Gasteiger partial charge in [-0.05, 0) is 43.5 Å². The van der Waals surface area contributed by atoms with E-state index in [1.54, 1.807) is 0 Å². The number of hydrogen-bond acceptors (Lipinski definition) is 2. The van der Waals surface area contributed by atoms with Gasteiger partial charge in [-0.25, -0.2) is 0 Å². The van der Waals surface area contributed by atoms with Crippen molar-refractivity contribution in [3.63, 3.8) is 0 Å². The van der Waals surface area contributed by atoms with E-state index < -0.39 is 0 Å². The highest BCUT2D eigenvalue weighted by atomic mass is 15.1. The van der Waals surface area contributed by atoms with Crippen molar-refractivity contribution in [1.82, 2.24) is 5.32 Å². The minimum Gasteiger partial charge on any atom is -0.372 e. The van der Waals surface area contributed by atoms with Crippen LogP contribution in [0.3, 0.4) is 0 Å². The van der Waals surface area contributed by atoms with Gasteiger partial charge in [-0.1, -0.05) is 46.2 Å². The molecule has 0 fully saturated rings. The molecule has 0 amide bonds. The van der Waals surface area contributed by atoms with Gasteiger partial charge in [0.05, 0.1) is 0 Å². The van der Waals surface area contributed by atoms with Crippen molar-refractivity contribution in [2.75, 3.05) is 24.5 Å². The highest BCUT2D eigenvalue weighted by Crippen LogP contribution is 2.22. The number of nitrogens with one attached hydrogen (secondary N) is 1. The molecule has 1 aromatic rings. The van der Waals surface area contributed by atoms with Gasteiger partial charge in [0.15, 0.2) is 0 Å². The van der Waals surface area contributed by atoms with Crippen LogP contribution < -0.4 is 10.2 Å². The Morgan fingerprint density at radius 2 is 1.65 bits per heavy atom. The molecule has 2 heteroatoms. The fourth-order valence-electron chi connectivity index (χ4n) is 2.58. The van der Waals surface area contributed by atoms with Crippen molar-refractivity contribution in [3.8, 4) is 0 Å². The Morgan fingerprint density at radius 3 is 2.10 bits per heavy atom. The second kappa shape index (κ2) is 9.02. The van der Waals surface area contributed by atoms with Gasteiger partial charge in [0, 0.05) is 24.8 Å². The van der Waals surface area contributed by atoms with Crippen molar-refractivity contribution in [2.24, 2.45) is 5.92 Å². The van der Waals surface area contributed by atoms with E-state index in [-0.39, 0.29) is 0 Å². The predicted octanol–water partition coefficient (Wildman–Crippen LogP) is 4.62. The maximum atomic E-state index is 3.54. The van der Waals surface area contributed by atoms with E-state index in [1.165, 1.54) is 17.7 Å². The van der Waals surface area contributed by atoms with Gasteiger partial charge < -0.3 is 10.2 Å². The molecule has 2 nitrogen and oxygen atoms in total. The average molecular weight is 276 g/mol. The van der Waals surface area contributed by atoms with E-state index >= 15 is 0 Å². The summed E-state index contributed by atoms with van der Waals surface area (Å²) in [5.41, 5.74) is 2.75. The Kier molecular flexibility index (Phi) is 7.68. The molecule has 0 heterocycles. The first-order valence-corrected chi connectivity index (χ1v) is 8.24. The van der Waals surface area contributed by atoms with Crippen molar-refractivity contribution >= 4 is 5.69 Å². The van der Waals surface area contributed by atoms with Crippen LogP contribution in [0, 0.1) is 5.92 Å². The molecule has 0 radical (unpaired) electrons. The van der Waals surface area contributed by atoms with E-state index in [4.69, 9.17) is 0 Å². The number of benzene rings is 1. The molecule has 0 aliphatic rings. The largest absolute Gasteiger partial charge is 0.372 e. The molecule has 0 bridgehead atoms. The Labute approximate surface area is 125 Å². The van der Waals surface area contributed by atoms with Crippen LogP contribution in [0.4, 0.5) is 5.69 Å². The second-order valence-corrected chi connectivity index (χ2v) is 5.66. The van der Waals surface area contributed by atoms with Gasteiger partial charge in [0.1, 0.15) is 0 Å². The quantitative estimate of drug-likeness (QED) is 0.708. The normalized spacial score (nSPS) is 14.1. The number of hydrogen-bond donors (Lipinski definition) is 1. The zero-order valence-corrected chi connectivity index (χ0v) is 13.9. The molecule has 0 saturated heterocycles. The third kappa shape index (κ3) is 4.82. The molecule has 1 rings (SSSR count). The number of anilines is 1. The van der Waals surface area contributed by atoms with Crippen LogP contribution in [0.25, 0.3) is 0 Å². The van der Waals surface area contributed by atoms with Crippen molar-refractivity contribution in [3.05, 3.63) is 29.8 Å². The summed E-state index contributed by atoms with van der Waals surface area (Å²) in [4.78, 5) is 2.48. The zero-order chi connectivity index (χ0) is 15.0. The maximum Gasteiger partial charge on any atom is 0.0366 e. The van der Waals surface area contributed by atoms with E-state index in [2.05, 4.69) is 69.1 Å². The first-order chi connectivity index (χ1) is 9.65. The molecule has 0 saturated carbocycles. The lowest BCUT2D eigenvalue weighted by atomic mass is 10.0. The summed E-state index contributed by atoms with van der Waals surface area (Å²) in [7, 11) is 0. The smallest absolute Gasteiger partial charge is 0.0366 e. The van der Waals surface area contributed by atoms with E-state index in [0.29, 0.717) is 6.04 Å². The van der Waals surface area contributed by atoms with Crippen LogP contribution in [0.2, 0.25) is 0 Å². The van der Waals surface area contributed by atoms with E-state index in [0.717, 1.165) is 32.0 Å². The lowest BCUT2D eigenvalue weighted by Gasteiger charge is -2.27. The SMILES string of the molecule is CCNC(CC)c1ccc(N(CC)CC(C)CC)cc1. The molecule has 0 aromatic heterocycles. The van der Waals surface area contributed by atoms with Gasteiger partial charge in [0.2, 0.25) is 0 Å². The third-order valence-corrected chi connectivity index (χ3v) is 4.13. The fraction of sp³-hybridized carbons (Fsp3) is 0.667. The maximum absolute atomic E-state index is 3.54. The molecule has 2 atom stereocenters. The van der Waals surface area contributed by atoms with Gasteiger partial charge in [-0.2, -0.15) is 0 Å². The molecule has 1 N–H and O–H groups in total. The second-order valence-electron chi connectivity index (χ2n) is 5.66. The minimum absolute atomic E-state index is 0.485. The summed E-state index contributed by atoms with van der Waals surface area (Å²) in [6, 6.07) is 9.61. The molecule has 0 aliphatic carbocycles. The third-order valence-electron chi connectivity index (χ3n) is 4.13. The lowest BCUT2D eigenvalue weighted by Crippen LogP contribution is -2.28. The van der Waals surface area contributed by atoms with E-state index in [9.17, 15) is 0 Å². The van der Waals surface area contributed by atoms with Crippen LogP contribution in [0.1, 0.15) is 59.1 Å². The molecular formula is C18H32N2. The monoisotopic (exact) mass is 276 g/mol. The van der Waals surface area contributed by atoms with Crippen LogP contribution in [-0.2, 0) is 0 Å². The zero-order valence-electron chi connectivity index (χ0n) is 13.9. The first kappa shape index (κ1) is 17.0. The van der Waals surface area contributed by atoms with Crippen LogP contribution >= 0.6 is 0 Å². The molecule has 114 valence electrons. The van der Waals surface area contributed by atoms with E-state index in [1.807, 2.05) is 0 Å². The summed E-state index contributed by atoms with van der Waals surface area (Å²) in [5, 5.41) is 3.54. The summed E-state index contributed by atoms with van der Waals surface area (Å²) < 4.78 is 0. The summed E-state index contributed by atoms with van der Waals surface area (Å²) >= 11 is 0. The predicted molar refractivity (Wildman–Crippen MR) is 90.5 cm³/mol. The molecule has 0 aliphatic heterocycles. The summed E-state index contributed by atoms with van der Waals surface area (Å²) in [5.74, 6) is 0.750. The van der Waals surface area contributed by atoms with Gasteiger partial charge >= 0.3 is 0 Å². The number of nitrogens with zero attached hydrogens (tertiary/aromatic N) is 1. The minimum atomic E-state index is 0.485. The highest BCUT2D eigenvalue weighted by molar-refractivity contribution is 5.48. The topological polar surface area (TPSA) is 15.3 Å².